The molecule has 128 valence electrons. The molecule has 1 aromatic heterocycles. The van der Waals surface area contributed by atoms with Crippen LogP contribution in [0, 0.1) is 0 Å². The van der Waals surface area contributed by atoms with Gasteiger partial charge in [0.15, 0.2) is 10.9 Å². The zero-order valence-corrected chi connectivity index (χ0v) is 16.8. The van der Waals surface area contributed by atoms with Crippen LogP contribution in [-0.4, -0.2) is 14.9 Å². The molecule has 3 aromatic rings. The highest BCUT2D eigenvalue weighted by Crippen LogP contribution is 2.23. The number of aromatic nitrogens is 2. The zero-order valence-electron chi connectivity index (χ0n) is 12.8. The van der Waals surface area contributed by atoms with Crippen LogP contribution in [0.5, 0.6) is 0 Å². The van der Waals surface area contributed by atoms with Gasteiger partial charge in [-0.1, -0.05) is 41.4 Å². The average Bonchev–Trinajstić information content (AvgIpc) is 2.91. The first kappa shape index (κ1) is 18.2. The third kappa shape index (κ3) is 4.95. The van der Waals surface area contributed by atoms with E-state index in [-0.39, 0.29) is 0 Å². The molecule has 0 spiro atoms. The lowest BCUT2D eigenvalue weighted by Crippen LogP contribution is -2.19. The molecule has 0 saturated carbocycles. The van der Waals surface area contributed by atoms with Crippen molar-refractivity contribution in [1.29, 1.82) is 0 Å². The Morgan fingerprint density at radius 3 is 2.52 bits per heavy atom. The second kappa shape index (κ2) is 8.19. The third-order valence-electron chi connectivity index (χ3n) is 3.34. The third-order valence-corrected chi connectivity index (χ3v) is 4.75. The average molecular weight is 456 g/mol. The Hall–Kier alpha value is -1.60. The van der Waals surface area contributed by atoms with Gasteiger partial charge in [-0.25, -0.2) is 0 Å². The molecule has 1 heterocycles. The molecule has 4 nitrogen and oxygen atoms in total. The molecule has 2 aromatic carbocycles. The molecule has 0 fully saturated rings. The fourth-order valence-electron chi connectivity index (χ4n) is 2.17. The van der Waals surface area contributed by atoms with Crippen molar-refractivity contribution in [2.24, 2.45) is 0 Å². The lowest BCUT2D eigenvalue weighted by molar-refractivity contribution is 0.690. The molecule has 25 heavy (non-hydrogen) atoms. The van der Waals surface area contributed by atoms with Gasteiger partial charge in [-0.05, 0) is 64.0 Å². The van der Waals surface area contributed by atoms with Gasteiger partial charge >= 0.3 is 0 Å². The summed E-state index contributed by atoms with van der Waals surface area (Å²) < 4.78 is 2.60. The summed E-state index contributed by atoms with van der Waals surface area (Å²) in [6, 6.07) is 15.0. The number of anilines is 2. The summed E-state index contributed by atoms with van der Waals surface area (Å²) in [4.78, 5) is 0. The van der Waals surface area contributed by atoms with Crippen LogP contribution < -0.4 is 10.6 Å². The van der Waals surface area contributed by atoms with Crippen LogP contribution in [0.3, 0.4) is 0 Å². The van der Waals surface area contributed by atoms with Gasteiger partial charge in [0.25, 0.3) is 0 Å². The number of hydrogen-bond donors (Lipinski definition) is 2. The van der Waals surface area contributed by atoms with Crippen molar-refractivity contribution in [3.63, 3.8) is 0 Å². The largest absolute Gasteiger partial charge is 0.332 e. The number of benzene rings is 2. The SMILES string of the molecule is S=C(Nc1ccc(Cl)cc1)Nc1nn(Cc2ccccc2Cl)cc1Br. The monoisotopic (exact) mass is 454 g/mol. The van der Waals surface area contributed by atoms with Gasteiger partial charge in [-0.2, -0.15) is 5.10 Å². The van der Waals surface area contributed by atoms with Crippen LogP contribution in [0.15, 0.2) is 59.2 Å². The van der Waals surface area contributed by atoms with Gasteiger partial charge in [0.05, 0.1) is 11.0 Å². The maximum absolute atomic E-state index is 6.20. The van der Waals surface area contributed by atoms with E-state index in [4.69, 9.17) is 35.4 Å². The van der Waals surface area contributed by atoms with E-state index in [1.807, 2.05) is 42.6 Å². The Morgan fingerprint density at radius 1 is 1.08 bits per heavy atom. The van der Waals surface area contributed by atoms with Gasteiger partial charge in [-0.15, -0.1) is 0 Å². The summed E-state index contributed by atoms with van der Waals surface area (Å²) in [5.41, 5.74) is 1.83. The molecule has 8 heteroatoms. The highest BCUT2D eigenvalue weighted by Gasteiger charge is 2.10. The minimum Gasteiger partial charge on any atom is -0.332 e. The molecule has 0 saturated heterocycles. The summed E-state index contributed by atoms with van der Waals surface area (Å²) in [7, 11) is 0. The Bertz CT molecular complexity index is 896. The van der Waals surface area contributed by atoms with E-state index in [0.717, 1.165) is 15.7 Å². The van der Waals surface area contributed by atoms with E-state index in [2.05, 4.69) is 31.7 Å². The molecule has 3 rings (SSSR count). The van der Waals surface area contributed by atoms with E-state index >= 15 is 0 Å². The second-order valence-corrected chi connectivity index (χ2v) is 7.31. The number of rotatable bonds is 4. The molecule has 0 bridgehead atoms. The van der Waals surface area contributed by atoms with E-state index in [9.17, 15) is 0 Å². The highest BCUT2D eigenvalue weighted by atomic mass is 79.9. The van der Waals surface area contributed by atoms with E-state index in [1.54, 1.807) is 16.8 Å². The summed E-state index contributed by atoms with van der Waals surface area (Å²) >= 11 is 20.9. The first-order valence-corrected chi connectivity index (χ1v) is 9.27. The second-order valence-electron chi connectivity index (χ2n) is 5.20. The first-order chi connectivity index (χ1) is 12.0. The molecule has 2 N–H and O–H groups in total. The van der Waals surface area contributed by atoms with Crippen molar-refractivity contribution in [3.05, 3.63) is 74.8 Å². The van der Waals surface area contributed by atoms with Crippen molar-refractivity contribution >= 4 is 68.0 Å². The van der Waals surface area contributed by atoms with Crippen molar-refractivity contribution in [1.82, 2.24) is 9.78 Å². The van der Waals surface area contributed by atoms with Crippen LogP contribution in [-0.2, 0) is 6.54 Å². The molecular formula is C17H13BrCl2N4S. The lowest BCUT2D eigenvalue weighted by atomic mass is 10.2. The maximum Gasteiger partial charge on any atom is 0.176 e. The van der Waals surface area contributed by atoms with Crippen LogP contribution in [0.2, 0.25) is 10.0 Å². The van der Waals surface area contributed by atoms with Crippen LogP contribution in [0.4, 0.5) is 11.5 Å². The molecule has 0 aliphatic carbocycles. The number of nitrogens with one attached hydrogen (secondary N) is 2. The number of thiocarbonyl (C=S) groups is 1. The molecule has 0 aliphatic rings. The molecule has 0 atom stereocenters. The van der Waals surface area contributed by atoms with Crippen molar-refractivity contribution in [2.45, 2.75) is 6.54 Å². The zero-order chi connectivity index (χ0) is 17.8. The topological polar surface area (TPSA) is 41.9 Å². The van der Waals surface area contributed by atoms with Crippen molar-refractivity contribution < 1.29 is 0 Å². The lowest BCUT2D eigenvalue weighted by Gasteiger charge is -2.09. The predicted molar refractivity (Wildman–Crippen MR) is 112 cm³/mol. The van der Waals surface area contributed by atoms with Crippen molar-refractivity contribution in [3.8, 4) is 0 Å². The Kier molecular flexibility index (Phi) is 5.96. The fraction of sp³-hybridized carbons (Fsp3) is 0.0588. The minimum absolute atomic E-state index is 0.436. The van der Waals surface area contributed by atoms with Gasteiger partial charge in [0.1, 0.15) is 0 Å². The van der Waals surface area contributed by atoms with Gasteiger partial charge in [0, 0.05) is 21.9 Å². The van der Waals surface area contributed by atoms with E-state index in [0.29, 0.717) is 27.5 Å². The fourth-order valence-corrected chi connectivity index (χ4v) is 3.12. The standard InChI is InChI=1S/C17H13BrCl2N4S/c18-14-10-24(9-11-3-1-2-4-15(11)20)23-16(14)22-17(25)21-13-7-5-12(19)6-8-13/h1-8,10H,9H2,(H2,21,22,23,25). The van der Waals surface area contributed by atoms with Crippen LogP contribution in [0.1, 0.15) is 5.56 Å². The molecule has 0 unspecified atom stereocenters. The van der Waals surface area contributed by atoms with Gasteiger partial charge in [0.2, 0.25) is 0 Å². The number of halogens is 3. The van der Waals surface area contributed by atoms with E-state index < -0.39 is 0 Å². The molecule has 0 aliphatic heterocycles. The summed E-state index contributed by atoms with van der Waals surface area (Å²) in [5, 5.41) is 12.5. The molecule has 0 amide bonds. The Morgan fingerprint density at radius 2 is 1.80 bits per heavy atom. The van der Waals surface area contributed by atoms with Crippen molar-refractivity contribution in [2.75, 3.05) is 10.6 Å². The number of nitrogens with zero attached hydrogens (tertiary/aromatic N) is 2. The summed E-state index contributed by atoms with van der Waals surface area (Å²) in [6.07, 6.45) is 1.87. The van der Waals surface area contributed by atoms with Gasteiger partial charge in [-0.3, -0.25) is 4.68 Å². The minimum atomic E-state index is 0.436. The summed E-state index contributed by atoms with van der Waals surface area (Å²) in [5.74, 6) is 0.624. The van der Waals surface area contributed by atoms with E-state index in [1.165, 1.54) is 0 Å². The Balaban J connectivity index is 1.67. The number of hydrogen-bond acceptors (Lipinski definition) is 2. The molecule has 0 radical (unpaired) electrons. The maximum atomic E-state index is 6.20. The van der Waals surface area contributed by atoms with Gasteiger partial charge < -0.3 is 10.6 Å². The van der Waals surface area contributed by atoms with Crippen LogP contribution in [0.25, 0.3) is 0 Å². The first-order valence-electron chi connectivity index (χ1n) is 7.31. The predicted octanol–water partition coefficient (Wildman–Crippen LogP) is 5.81. The smallest absolute Gasteiger partial charge is 0.176 e. The normalized spacial score (nSPS) is 10.5. The van der Waals surface area contributed by atoms with Crippen LogP contribution >= 0.6 is 51.3 Å². The highest BCUT2D eigenvalue weighted by molar-refractivity contribution is 9.10. The Labute approximate surface area is 169 Å². The quantitative estimate of drug-likeness (QED) is 0.487. The summed E-state index contributed by atoms with van der Waals surface area (Å²) in [6.45, 7) is 0.567. The molecular weight excluding hydrogens is 443 g/mol.